The molecule has 7 nitrogen and oxygen atoms in total. The molecule has 0 aliphatic rings. The van der Waals surface area contributed by atoms with E-state index in [1.54, 1.807) is 57.4 Å². The van der Waals surface area contributed by atoms with Crippen molar-refractivity contribution in [1.82, 2.24) is 5.32 Å². The molecule has 0 spiro atoms. The summed E-state index contributed by atoms with van der Waals surface area (Å²) in [5, 5.41) is 2.76. The molecule has 0 bridgehead atoms. The molecule has 28 heavy (non-hydrogen) atoms. The summed E-state index contributed by atoms with van der Waals surface area (Å²) in [6.07, 6.45) is 0.667. The Morgan fingerprint density at radius 1 is 1.07 bits per heavy atom. The summed E-state index contributed by atoms with van der Waals surface area (Å²) in [7, 11) is -0.753. The molecule has 0 unspecified atom stereocenters. The molecule has 0 aliphatic carbocycles. The second kappa shape index (κ2) is 9.57. The van der Waals surface area contributed by atoms with Gasteiger partial charge in [-0.1, -0.05) is 12.1 Å². The van der Waals surface area contributed by atoms with Gasteiger partial charge in [0.25, 0.3) is 15.9 Å². The Kier molecular flexibility index (Phi) is 7.42. The van der Waals surface area contributed by atoms with Crippen LogP contribution in [-0.4, -0.2) is 41.7 Å². The van der Waals surface area contributed by atoms with Crippen LogP contribution in [-0.2, 0) is 14.8 Å². The fourth-order valence-corrected chi connectivity index (χ4v) is 4.15. The van der Waals surface area contributed by atoms with Crippen LogP contribution in [0.4, 0.5) is 5.69 Å². The van der Waals surface area contributed by atoms with Crippen molar-refractivity contribution in [2.75, 3.05) is 32.1 Å². The standard InChI is InChI=1S/C20H26N2O5S/c1-14-13-19(15(2)12-18(14)27-4)28(24,25)22-17-9-6-5-8-16(17)20(23)21-10-7-11-26-3/h5-6,8-9,12-13,22H,7,10-11H2,1-4H3,(H,21,23). The minimum Gasteiger partial charge on any atom is -0.496 e. The number of rotatable bonds is 9. The first-order valence-corrected chi connectivity index (χ1v) is 10.3. The van der Waals surface area contributed by atoms with Crippen molar-refractivity contribution in [3.8, 4) is 5.75 Å². The molecule has 0 aromatic heterocycles. The summed E-state index contributed by atoms with van der Waals surface area (Å²) < 4.78 is 38.6. The van der Waals surface area contributed by atoms with Gasteiger partial charge in [-0.25, -0.2) is 8.42 Å². The van der Waals surface area contributed by atoms with Crippen LogP contribution in [0.2, 0.25) is 0 Å². The van der Waals surface area contributed by atoms with E-state index in [2.05, 4.69) is 10.0 Å². The number of para-hydroxylation sites is 1. The molecule has 2 rings (SSSR count). The van der Waals surface area contributed by atoms with E-state index < -0.39 is 10.0 Å². The van der Waals surface area contributed by atoms with Gasteiger partial charge in [0.15, 0.2) is 0 Å². The van der Waals surface area contributed by atoms with Gasteiger partial charge in [0.2, 0.25) is 0 Å². The smallest absolute Gasteiger partial charge is 0.262 e. The number of carbonyl (C=O) groups is 1. The summed E-state index contributed by atoms with van der Waals surface area (Å²) in [6.45, 7) is 4.44. The average Bonchev–Trinajstić information content (AvgIpc) is 2.66. The average molecular weight is 407 g/mol. The third-order valence-electron chi connectivity index (χ3n) is 4.21. The van der Waals surface area contributed by atoms with Crippen LogP contribution >= 0.6 is 0 Å². The SMILES string of the molecule is COCCCNC(=O)c1ccccc1NS(=O)(=O)c1cc(C)c(OC)cc1C. The molecule has 0 saturated heterocycles. The topological polar surface area (TPSA) is 93.7 Å². The van der Waals surface area contributed by atoms with Gasteiger partial charge < -0.3 is 14.8 Å². The Bertz CT molecular complexity index is 942. The van der Waals surface area contributed by atoms with Crippen LogP contribution in [0.15, 0.2) is 41.3 Å². The molecule has 0 radical (unpaired) electrons. The lowest BCUT2D eigenvalue weighted by atomic mass is 10.1. The molecule has 2 aromatic carbocycles. The number of aryl methyl sites for hydroxylation is 2. The molecule has 0 saturated carbocycles. The molecule has 1 amide bonds. The van der Waals surface area contributed by atoms with Gasteiger partial charge in [-0.05, 0) is 55.7 Å². The highest BCUT2D eigenvalue weighted by Crippen LogP contribution is 2.28. The molecule has 152 valence electrons. The van der Waals surface area contributed by atoms with Crippen molar-refractivity contribution < 1.29 is 22.7 Å². The number of amides is 1. The van der Waals surface area contributed by atoms with E-state index in [9.17, 15) is 13.2 Å². The zero-order valence-electron chi connectivity index (χ0n) is 16.5. The number of ether oxygens (including phenoxy) is 2. The first kappa shape index (κ1) is 21.7. The van der Waals surface area contributed by atoms with E-state index in [0.29, 0.717) is 36.4 Å². The van der Waals surface area contributed by atoms with Crippen molar-refractivity contribution in [2.45, 2.75) is 25.2 Å². The van der Waals surface area contributed by atoms with Gasteiger partial charge in [0, 0.05) is 20.3 Å². The number of hydrogen-bond donors (Lipinski definition) is 2. The van der Waals surface area contributed by atoms with E-state index >= 15 is 0 Å². The maximum Gasteiger partial charge on any atom is 0.262 e. The van der Waals surface area contributed by atoms with Crippen molar-refractivity contribution in [3.05, 3.63) is 53.1 Å². The zero-order valence-corrected chi connectivity index (χ0v) is 17.4. The molecule has 0 atom stereocenters. The largest absolute Gasteiger partial charge is 0.496 e. The van der Waals surface area contributed by atoms with Crippen LogP contribution in [0.1, 0.15) is 27.9 Å². The molecule has 0 fully saturated rings. The van der Waals surface area contributed by atoms with Crippen LogP contribution < -0.4 is 14.8 Å². The van der Waals surface area contributed by atoms with E-state index in [0.717, 1.165) is 0 Å². The Morgan fingerprint density at radius 2 is 1.79 bits per heavy atom. The lowest BCUT2D eigenvalue weighted by Gasteiger charge is -2.15. The molecular formula is C20H26N2O5S. The van der Waals surface area contributed by atoms with Crippen molar-refractivity contribution in [1.29, 1.82) is 0 Å². The van der Waals surface area contributed by atoms with Gasteiger partial charge in [-0.15, -0.1) is 0 Å². The van der Waals surface area contributed by atoms with Crippen molar-refractivity contribution in [3.63, 3.8) is 0 Å². The van der Waals surface area contributed by atoms with Gasteiger partial charge in [0.05, 0.1) is 23.3 Å². The predicted octanol–water partition coefficient (Wildman–Crippen LogP) is 2.88. The minimum absolute atomic E-state index is 0.140. The number of carbonyl (C=O) groups excluding carboxylic acids is 1. The highest BCUT2D eigenvalue weighted by molar-refractivity contribution is 7.92. The number of benzene rings is 2. The van der Waals surface area contributed by atoms with Gasteiger partial charge in [-0.2, -0.15) is 0 Å². The number of hydrogen-bond acceptors (Lipinski definition) is 5. The van der Waals surface area contributed by atoms with Crippen LogP contribution in [0.3, 0.4) is 0 Å². The van der Waals surface area contributed by atoms with Crippen molar-refractivity contribution in [2.24, 2.45) is 0 Å². The Morgan fingerprint density at radius 3 is 2.46 bits per heavy atom. The molecule has 2 N–H and O–H groups in total. The van der Waals surface area contributed by atoms with Crippen LogP contribution in [0, 0.1) is 13.8 Å². The summed E-state index contributed by atoms with van der Waals surface area (Å²) in [5.74, 6) is 0.268. The Balaban J connectivity index is 2.28. The second-order valence-corrected chi connectivity index (χ2v) is 7.99. The Hall–Kier alpha value is -2.58. The normalized spacial score (nSPS) is 11.1. The number of sulfonamides is 1. The fraction of sp³-hybridized carbons (Fsp3) is 0.350. The molecule has 0 heterocycles. The summed E-state index contributed by atoms with van der Waals surface area (Å²) in [6, 6.07) is 9.74. The van der Waals surface area contributed by atoms with Gasteiger partial charge in [0.1, 0.15) is 5.75 Å². The monoisotopic (exact) mass is 406 g/mol. The number of methoxy groups -OCH3 is 2. The van der Waals surface area contributed by atoms with E-state index in [-0.39, 0.29) is 22.1 Å². The van der Waals surface area contributed by atoms with Gasteiger partial charge in [-0.3, -0.25) is 9.52 Å². The highest BCUT2D eigenvalue weighted by Gasteiger charge is 2.21. The first-order chi connectivity index (χ1) is 13.3. The first-order valence-electron chi connectivity index (χ1n) is 8.84. The second-order valence-electron chi connectivity index (χ2n) is 6.34. The lowest BCUT2D eigenvalue weighted by Crippen LogP contribution is -2.27. The van der Waals surface area contributed by atoms with Crippen LogP contribution in [0.5, 0.6) is 5.75 Å². The molecular weight excluding hydrogens is 380 g/mol. The lowest BCUT2D eigenvalue weighted by molar-refractivity contribution is 0.0949. The molecule has 8 heteroatoms. The summed E-state index contributed by atoms with van der Waals surface area (Å²) in [4.78, 5) is 12.6. The summed E-state index contributed by atoms with van der Waals surface area (Å²) in [5.41, 5.74) is 1.74. The van der Waals surface area contributed by atoms with E-state index in [1.165, 1.54) is 7.11 Å². The fourth-order valence-electron chi connectivity index (χ4n) is 2.76. The zero-order chi connectivity index (χ0) is 20.7. The quantitative estimate of drug-likeness (QED) is 0.625. The highest BCUT2D eigenvalue weighted by atomic mass is 32.2. The number of nitrogens with one attached hydrogen (secondary N) is 2. The van der Waals surface area contributed by atoms with Crippen LogP contribution in [0.25, 0.3) is 0 Å². The Labute approximate surface area is 166 Å². The van der Waals surface area contributed by atoms with E-state index in [4.69, 9.17) is 9.47 Å². The van der Waals surface area contributed by atoms with E-state index in [1.807, 2.05) is 0 Å². The maximum absolute atomic E-state index is 12.9. The molecule has 0 aliphatic heterocycles. The minimum atomic E-state index is -3.88. The predicted molar refractivity (Wildman–Crippen MR) is 109 cm³/mol. The molecule has 2 aromatic rings. The maximum atomic E-state index is 12.9. The third-order valence-corrected chi connectivity index (χ3v) is 5.72. The van der Waals surface area contributed by atoms with Crippen molar-refractivity contribution >= 4 is 21.6 Å². The summed E-state index contributed by atoms with van der Waals surface area (Å²) >= 11 is 0. The third kappa shape index (κ3) is 5.24. The van der Waals surface area contributed by atoms with Gasteiger partial charge >= 0.3 is 0 Å². The number of anilines is 1.